The quantitative estimate of drug-likeness (QED) is 0.532. The smallest absolute Gasteiger partial charge is 0.225 e. The zero-order valence-corrected chi connectivity index (χ0v) is 11.4. The maximum absolute atomic E-state index is 12.8. The lowest BCUT2D eigenvalue weighted by atomic mass is 10.1. The van der Waals surface area contributed by atoms with Crippen LogP contribution >= 0.6 is 11.6 Å². The van der Waals surface area contributed by atoms with Crippen molar-refractivity contribution in [2.75, 3.05) is 5.43 Å². The van der Waals surface area contributed by atoms with Crippen LogP contribution in [0.4, 0.5) is 10.1 Å². The van der Waals surface area contributed by atoms with Crippen molar-refractivity contribution in [2.24, 2.45) is 5.10 Å². The Morgan fingerprint density at radius 3 is 2.48 bits per heavy atom. The Morgan fingerprint density at radius 1 is 1.19 bits per heavy atom. The summed E-state index contributed by atoms with van der Waals surface area (Å²) in [6.45, 7) is 0. The van der Waals surface area contributed by atoms with Crippen LogP contribution in [0.15, 0.2) is 53.6 Å². The maximum Gasteiger partial charge on any atom is 0.225 e. The number of nitrogens with zero attached hydrogens (tertiary/aromatic N) is 2. The van der Waals surface area contributed by atoms with Gasteiger partial charge in [-0.25, -0.2) is 4.39 Å². The first-order chi connectivity index (χ1) is 10.1. The van der Waals surface area contributed by atoms with Crippen LogP contribution in [0.2, 0.25) is 5.02 Å². The Hall–Kier alpha value is -2.71. The fourth-order valence-corrected chi connectivity index (χ4v) is 1.77. The monoisotopic (exact) mass is 301 g/mol. The van der Waals surface area contributed by atoms with Gasteiger partial charge in [-0.15, -0.1) is 0 Å². The molecule has 0 aliphatic heterocycles. The SMILES string of the molecule is N#CC(=NNc1ccc(F)cc1)C(=O)c1ccccc1Cl. The lowest BCUT2D eigenvalue weighted by molar-refractivity contribution is 0.106. The van der Waals surface area contributed by atoms with Crippen molar-refractivity contribution in [3.05, 3.63) is 64.9 Å². The highest BCUT2D eigenvalue weighted by molar-refractivity contribution is 6.53. The van der Waals surface area contributed by atoms with Gasteiger partial charge in [0.25, 0.3) is 0 Å². The summed E-state index contributed by atoms with van der Waals surface area (Å²) in [4.78, 5) is 12.1. The molecule has 0 radical (unpaired) electrons. The zero-order chi connectivity index (χ0) is 15.2. The fraction of sp³-hybridized carbons (Fsp3) is 0. The molecule has 1 N–H and O–H groups in total. The van der Waals surface area contributed by atoms with E-state index in [9.17, 15) is 9.18 Å². The highest BCUT2D eigenvalue weighted by Gasteiger charge is 2.16. The van der Waals surface area contributed by atoms with Crippen molar-refractivity contribution < 1.29 is 9.18 Å². The van der Waals surface area contributed by atoms with Crippen LogP contribution in [0.1, 0.15) is 10.4 Å². The maximum atomic E-state index is 12.8. The van der Waals surface area contributed by atoms with Gasteiger partial charge in [0.2, 0.25) is 11.5 Å². The van der Waals surface area contributed by atoms with Gasteiger partial charge < -0.3 is 0 Å². The standard InChI is InChI=1S/C15H9ClFN3O/c16-13-4-2-1-3-12(13)15(21)14(9-18)20-19-11-7-5-10(17)6-8-11/h1-8,19H. The first-order valence-electron chi connectivity index (χ1n) is 5.90. The molecule has 0 saturated carbocycles. The van der Waals surface area contributed by atoms with E-state index in [1.54, 1.807) is 24.3 Å². The van der Waals surface area contributed by atoms with E-state index >= 15 is 0 Å². The molecule has 0 saturated heterocycles. The first-order valence-corrected chi connectivity index (χ1v) is 6.28. The summed E-state index contributed by atoms with van der Waals surface area (Å²) in [5, 5.41) is 13.0. The molecule has 2 rings (SSSR count). The topological polar surface area (TPSA) is 65.2 Å². The third kappa shape index (κ3) is 3.65. The molecule has 0 aliphatic carbocycles. The largest absolute Gasteiger partial charge is 0.286 e. The third-order valence-electron chi connectivity index (χ3n) is 2.58. The Kier molecular flexibility index (Phi) is 4.64. The van der Waals surface area contributed by atoms with Crippen molar-refractivity contribution in [3.8, 4) is 6.07 Å². The second-order valence-electron chi connectivity index (χ2n) is 4.00. The van der Waals surface area contributed by atoms with Gasteiger partial charge in [-0.3, -0.25) is 10.2 Å². The summed E-state index contributed by atoms with van der Waals surface area (Å²) >= 11 is 5.91. The average Bonchev–Trinajstić information content (AvgIpc) is 2.50. The molecule has 2 aromatic carbocycles. The van der Waals surface area contributed by atoms with Gasteiger partial charge in [-0.1, -0.05) is 23.7 Å². The van der Waals surface area contributed by atoms with Gasteiger partial charge in [0, 0.05) is 5.56 Å². The van der Waals surface area contributed by atoms with E-state index in [1.165, 1.54) is 30.3 Å². The molecule has 21 heavy (non-hydrogen) atoms. The molecule has 0 fully saturated rings. The van der Waals surface area contributed by atoms with Crippen LogP contribution in [-0.2, 0) is 0 Å². The van der Waals surface area contributed by atoms with E-state index in [0.29, 0.717) is 5.69 Å². The number of hydrazone groups is 1. The molecule has 0 amide bonds. The normalized spacial score (nSPS) is 10.8. The molecule has 0 bridgehead atoms. The van der Waals surface area contributed by atoms with Crippen LogP contribution in [0, 0.1) is 17.1 Å². The number of anilines is 1. The van der Waals surface area contributed by atoms with Crippen molar-refractivity contribution >= 4 is 28.8 Å². The molecule has 0 heterocycles. The van der Waals surface area contributed by atoms with Crippen molar-refractivity contribution in [2.45, 2.75) is 0 Å². The van der Waals surface area contributed by atoms with E-state index in [4.69, 9.17) is 16.9 Å². The number of carbonyl (C=O) groups excluding carboxylic acids is 1. The lowest BCUT2D eigenvalue weighted by Gasteiger charge is -2.03. The van der Waals surface area contributed by atoms with Gasteiger partial charge in [-0.2, -0.15) is 10.4 Å². The van der Waals surface area contributed by atoms with Crippen LogP contribution in [-0.4, -0.2) is 11.5 Å². The second-order valence-corrected chi connectivity index (χ2v) is 4.41. The minimum absolute atomic E-state index is 0.195. The molecular formula is C15H9ClFN3O. The Morgan fingerprint density at radius 2 is 1.86 bits per heavy atom. The van der Waals surface area contributed by atoms with Gasteiger partial charge in [0.1, 0.15) is 11.9 Å². The summed E-state index contributed by atoms with van der Waals surface area (Å²) in [7, 11) is 0. The highest BCUT2D eigenvalue weighted by Crippen LogP contribution is 2.16. The molecule has 0 aliphatic rings. The van der Waals surface area contributed by atoms with E-state index in [0.717, 1.165) is 0 Å². The van der Waals surface area contributed by atoms with Crippen molar-refractivity contribution in [1.29, 1.82) is 5.26 Å². The number of carbonyl (C=O) groups is 1. The summed E-state index contributed by atoms with van der Waals surface area (Å²) < 4.78 is 12.8. The summed E-state index contributed by atoms with van der Waals surface area (Å²) in [5.41, 5.74) is 2.84. The lowest BCUT2D eigenvalue weighted by Crippen LogP contribution is -2.14. The number of nitrogens with one attached hydrogen (secondary N) is 1. The molecule has 0 unspecified atom stereocenters. The minimum Gasteiger partial charge on any atom is -0.286 e. The Labute approximate surface area is 125 Å². The summed E-state index contributed by atoms with van der Waals surface area (Å²) in [6.07, 6.45) is 0. The molecule has 0 aromatic heterocycles. The van der Waals surface area contributed by atoms with E-state index in [-0.39, 0.29) is 16.3 Å². The number of Topliss-reactive ketones (excluding diaryl/α,β-unsaturated/α-hetero) is 1. The van der Waals surface area contributed by atoms with E-state index in [2.05, 4.69) is 10.5 Å². The van der Waals surface area contributed by atoms with Crippen molar-refractivity contribution in [3.63, 3.8) is 0 Å². The Balaban J connectivity index is 2.22. The van der Waals surface area contributed by atoms with Crippen LogP contribution in [0.3, 0.4) is 0 Å². The number of ketones is 1. The van der Waals surface area contributed by atoms with Gasteiger partial charge in [-0.05, 0) is 36.4 Å². The van der Waals surface area contributed by atoms with Crippen LogP contribution < -0.4 is 5.43 Å². The van der Waals surface area contributed by atoms with Crippen molar-refractivity contribution in [1.82, 2.24) is 0 Å². The predicted octanol–water partition coefficient (Wildman–Crippen LogP) is 3.65. The van der Waals surface area contributed by atoms with Gasteiger partial charge in [0.15, 0.2) is 0 Å². The molecular weight excluding hydrogens is 293 g/mol. The number of nitriles is 1. The van der Waals surface area contributed by atoms with Crippen LogP contribution in [0.25, 0.3) is 0 Å². The molecule has 2 aromatic rings. The zero-order valence-electron chi connectivity index (χ0n) is 10.7. The fourth-order valence-electron chi connectivity index (χ4n) is 1.54. The Bertz CT molecular complexity index is 735. The third-order valence-corrected chi connectivity index (χ3v) is 2.91. The molecule has 6 heteroatoms. The van der Waals surface area contributed by atoms with Gasteiger partial charge in [0.05, 0.1) is 10.7 Å². The first kappa shape index (κ1) is 14.7. The predicted molar refractivity (Wildman–Crippen MR) is 78.9 cm³/mol. The highest BCUT2D eigenvalue weighted by atomic mass is 35.5. The number of hydrogen-bond acceptors (Lipinski definition) is 4. The summed E-state index contributed by atoms with van der Waals surface area (Å²) in [6, 6.07) is 13.4. The summed E-state index contributed by atoms with van der Waals surface area (Å²) in [5.74, 6) is -0.977. The number of benzene rings is 2. The average molecular weight is 302 g/mol. The van der Waals surface area contributed by atoms with E-state index < -0.39 is 11.6 Å². The molecule has 104 valence electrons. The van der Waals surface area contributed by atoms with E-state index in [1.807, 2.05) is 0 Å². The van der Waals surface area contributed by atoms with Gasteiger partial charge >= 0.3 is 0 Å². The minimum atomic E-state index is -0.585. The van der Waals surface area contributed by atoms with Crippen LogP contribution in [0.5, 0.6) is 0 Å². The number of halogens is 2. The number of rotatable bonds is 4. The molecule has 4 nitrogen and oxygen atoms in total. The molecule has 0 spiro atoms. The molecule has 0 atom stereocenters. The number of hydrogen-bond donors (Lipinski definition) is 1. The second kappa shape index (κ2) is 6.64.